The van der Waals surface area contributed by atoms with Crippen LogP contribution in [-0.2, 0) is 4.74 Å². The van der Waals surface area contributed by atoms with E-state index < -0.39 is 18.4 Å². The number of nitrogens with zero attached hydrogens (tertiary/aromatic N) is 2. The summed E-state index contributed by atoms with van der Waals surface area (Å²) in [6, 6.07) is 4.67. The lowest BCUT2D eigenvalue weighted by atomic mass is 10.0. The van der Waals surface area contributed by atoms with Crippen LogP contribution in [0.25, 0.3) is 0 Å². The Morgan fingerprint density at radius 3 is 2.77 bits per heavy atom. The Morgan fingerprint density at radius 1 is 1.50 bits per heavy atom. The van der Waals surface area contributed by atoms with E-state index in [-0.39, 0.29) is 18.3 Å². The van der Waals surface area contributed by atoms with E-state index in [1.807, 2.05) is 0 Å². The molecule has 3 rings (SSSR count). The van der Waals surface area contributed by atoms with Gasteiger partial charge in [-0.3, -0.25) is 9.80 Å². The third-order valence-electron chi connectivity index (χ3n) is 3.90. The van der Waals surface area contributed by atoms with Crippen molar-refractivity contribution in [1.29, 1.82) is 0 Å². The number of halogens is 1. The van der Waals surface area contributed by atoms with Crippen molar-refractivity contribution in [3.8, 4) is 0 Å². The first-order valence-corrected chi connectivity index (χ1v) is 7.94. The van der Waals surface area contributed by atoms with Gasteiger partial charge in [0.05, 0.1) is 12.2 Å². The molecule has 2 amide bonds. The summed E-state index contributed by atoms with van der Waals surface area (Å²) in [5.41, 5.74) is 1.04. The van der Waals surface area contributed by atoms with Crippen LogP contribution in [0.1, 0.15) is 11.5 Å². The summed E-state index contributed by atoms with van der Waals surface area (Å²) in [5, 5.41) is 8.91. The van der Waals surface area contributed by atoms with E-state index in [0.29, 0.717) is 11.3 Å². The molecule has 2 heterocycles. The van der Waals surface area contributed by atoms with Crippen LogP contribution in [0.15, 0.2) is 18.2 Å². The van der Waals surface area contributed by atoms with Crippen molar-refractivity contribution >= 4 is 29.6 Å². The van der Waals surface area contributed by atoms with Crippen LogP contribution in [0, 0.1) is 5.82 Å². The van der Waals surface area contributed by atoms with Gasteiger partial charge in [0.1, 0.15) is 5.82 Å². The minimum atomic E-state index is -1.19. The van der Waals surface area contributed by atoms with Crippen molar-refractivity contribution in [3.63, 3.8) is 0 Å². The second-order valence-corrected chi connectivity index (χ2v) is 6.36. The van der Waals surface area contributed by atoms with Gasteiger partial charge in [-0.05, 0) is 17.7 Å². The van der Waals surface area contributed by atoms with E-state index in [4.69, 9.17) is 9.84 Å². The molecule has 2 fully saturated rings. The number of carboxylic acid groups (broad SMARTS) is 1. The maximum Gasteiger partial charge on any atom is 0.416 e. The molecule has 1 N–H and O–H groups in total. The molecule has 0 spiro atoms. The highest BCUT2D eigenvalue weighted by molar-refractivity contribution is 8.00. The predicted octanol–water partition coefficient (Wildman–Crippen LogP) is 2.55. The molecule has 1 aromatic rings. The zero-order valence-electron chi connectivity index (χ0n) is 11.9. The summed E-state index contributed by atoms with van der Waals surface area (Å²) in [6.45, 7) is 0.0414. The third-order valence-corrected chi connectivity index (χ3v) is 5.18. The molecule has 0 aliphatic carbocycles. The van der Waals surface area contributed by atoms with Crippen LogP contribution >= 0.6 is 11.8 Å². The van der Waals surface area contributed by atoms with Gasteiger partial charge >= 0.3 is 12.2 Å². The van der Waals surface area contributed by atoms with Crippen LogP contribution in [0.5, 0.6) is 0 Å². The average Bonchev–Trinajstić information content (AvgIpc) is 2.80. The first-order chi connectivity index (χ1) is 10.5. The SMILES string of the molecule is CN(C(=O)O)[C@@H]1CN(c2ccc(C3CSC3)c(F)c2)C(=O)O1. The summed E-state index contributed by atoms with van der Waals surface area (Å²) in [6.07, 6.45) is -2.76. The standard InChI is InChI=1S/C14H15FN2O4S/c1-16(13(18)19)12-5-17(14(20)21-12)9-2-3-10(11(15)4-9)8-6-22-7-8/h2-4,8,12H,5-7H2,1H3,(H,18,19)/t12-/m0/s1. The molecule has 0 radical (unpaired) electrons. The van der Waals surface area contributed by atoms with Gasteiger partial charge in [0.25, 0.3) is 0 Å². The topological polar surface area (TPSA) is 70.1 Å². The van der Waals surface area contributed by atoms with E-state index in [1.165, 1.54) is 18.0 Å². The summed E-state index contributed by atoms with van der Waals surface area (Å²) in [5.74, 6) is 1.71. The molecule has 0 saturated carbocycles. The number of hydrogen-bond donors (Lipinski definition) is 1. The number of carbonyl (C=O) groups is 2. The van der Waals surface area contributed by atoms with Crippen LogP contribution in [0.2, 0.25) is 0 Å². The molecule has 1 atom stereocenters. The van der Waals surface area contributed by atoms with Crippen molar-refractivity contribution in [1.82, 2.24) is 4.90 Å². The quantitative estimate of drug-likeness (QED) is 0.924. The number of benzene rings is 1. The number of amides is 2. The molecule has 2 aliphatic heterocycles. The van der Waals surface area contributed by atoms with Gasteiger partial charge < -0.3 is 9.84 Å². The fraction of sp³-hybridized carbons (Fsp3) is 0.429. The molecule has 8 heteroatoms. The Bertz CT molecular complexity index is 623. The Hall–Kier alpha value is -1.96. The lowest BCUT2D eigenvalue weighted by Crippen LogP contribution is -2.38. The molecule has 118 valence electrons. The molecule has 22 heavy (non-hydrogen) atoms. The monoisotopic (exact) mass is 326 g/mol. The van der Waals surface area contributed by atoms with Crippen molar-refractivity contribution in [3.05, 3.63) is 29.6 Å². The normalized spacial score (nSPS) is 21.5. The minimum Gasteiger partial charge on any atom is -0.465 e. The van der Waals surface area contributed by atoms with Gasteiger partial charge in [0.2, 0.25) is 0 Å². The van der Waals surface area contributed by atoms with Crippen molar-refractivity contribution < 1.29 is 23.8 Å². The van der Waals surface area contributed by atoms with Crippen LogP contribution in [0.4, 0.5) is 19.7 Å². The van der Waals surface area contributed by atoms with E-state index in [9.17, 15) is 14.0 Å². The van der Waals surface area contributed by atoms with Crippen molar-refractivity contribution in [2.24, 2.45) is 0 Å². The average molecular weight is 326 g/mol. The minimum absolute atomic E-state index is 0.0414. The fourth-order valence-electron chi connectivity index (χ4n) is 2.41. The van der Waals surface area contributed by atoms with E-state index >= 15 is 0 Å². The summed E-state index contributed by atoms with van der Waals surface area (Å²) < 4.78 is 19.2. The number of hydrogen-bond acceptors (Lipinski definition) is 4. The van der Waals surface area contributed by atoms with Gasteiger partial charge in [-0.15, -0.1) is 0 Å². The van der Waals surface area contributed by atoms with Crippen LogP contribution in [0.3, 0.4) is 0 Å². The van der Waals surface area contributed by atoms with E-state index in [1.54, 1.807) is 23.9 Å². The highest BCUT2D eigenvalue weighted by atomic mass is 32.2. The number of carbonyl (C=O) groups excluding carboxylic acids is 1. The molecular weight excluding hydrogens is 311 g/mol. The Morgan fingerprint density at radius 2 is 2.23 bits per heavy atom. The highest BCUT2D eigenvalue weighted by Crippen LogP contribution is 2.36. The molecule has 0 bridgehead atoms. The Balaban J connectivity index is 1.78. The Labute approximate surface area is 130 Å². The second kappa shape index (κ2) is 5.68. The van der Waals surface area contributed by atoms with Gasteiger partial charge in [0.15, 0.2) is 6.23 Å². The van der Waals surface area contributed by atoms with Gasteiger partial charge in [-0.1, -0.05) is 6.07 Å². The zero-order valence-corrected chi connectivity index (χ0v) is 12.7. The van der Waals surface area contributed by atoms with Gasteiger partial charge in [-0.2, -0.15) is 11.8 Å². The van der Waals surface area contributed by atoms with Crippen molar-refractivity contribution in [2.45, 2.75) is 12.1 Å². The number of anilines is 1. The molecule has 0 unspecified atom stereocenters. The maximum absolute atomic E-state index is 14.2. The van der Waals surface area contributed by atoms with Gasteiger partial charge in [0, 0.05) is 24.5 Å². The van der Waals surface area contributed by atoms with Crippen molar-refractivity contribution in [2.75, 3.05) is 30.0 Å². The molecule has 6 nitrogen and oxygen atoms in total. The smallest absolute Gasteiger partial charge is 0.416 e. The maximum atomic E-state index is 14.2. The van der Waals surface area contributed by atoms with E-state index in [2.05, 4.69) is 0 Å². The largest absolute Gasteiger partial charge is 0.465 e. The fourth-order valence-corrected chi connectivity index (χ4v) is 3.24. The van der Waals surface area contributed by atoms with Gasteiger partial charge in [-0.25, -0.2) is 14.0 Å². The molecule has 0 aromatic heterocycles. The molecule has 2 saturated heterocycles. The van der Waals surface area contributed by atoms with E-state index in [0.717, 1.165) is 16.4 Å². The third kappa shape index (κ3) is 2.58. The zero-order chi connectivity index (χ0) is 15.9. The molecular formula is C14H15FN2O4S. The lowest BCUT2D eigenvalue weighted by Gasteiger charge is -2.26. The van der Waals surface area contributed by atoms with Crippen LogP contribution in [-0.4, -0.2) is 53.5 Å². The second-order valence-electron chi connectivity index (χ2n) is 5.28. The first-order valence-electron chi connectivity index (χ1n) is 6.78. The predicted molar refractivity (Wildman–Crippen MR) is 79.9 cm³/mol. The number of cyclic esters (lactones) is 1. The summed E-state index contributed by atoms with van der Waals surface area (Å²) >= 11 is 1.77. The summed E-state index contributed by atoms with van der Waals surface area (Å²) in [4.78, 5) is 24.9. The number of thioether (sulfide) groups is 1. The highest BCUT2D eigenvalue weighted by Gasteiger charge is 2.37. The van der Waals surface area contributed by atoms with Crippen LogP contribution < -0.4 is 4.90 Å². The first kappa shape index (κ1) is 15.0. The molecule has 1 aromatic carbocycles. The lowest BCUT2D eigenvalue weighted by molar-refractivity contribution is 0.0415. The Kier molecular flexibility index (Phi) is 3.86. The molecule has 2 aliphatic rings. The number of rotatable bonds is 3. The summed E-state index contributed by atoms with van der Waals surface area (Å²) in [7, 11) is 1.32. The number of ether oxygens (including phenoxy) is 1. The number of likely N-dealkylation sites (N-methyl/N-ethyl adjacent to an activating group) is 1.